The smallest absolute Gasteiger partial charge is 0.265 e. The first-order valence-corrected chi connectivity index (χ1v) is 8.52. The average Bonchev–Trinajstić information content (AvgIpc) is 2.56. The second kappa shape index (κ2) is 5.86. The first-order chi connectivity index (χ1) is 11.4. The third kappa shape index (κ3) is 3.02. The number of nitrogens with one attached hydrogen (secondary N) is 2. The van der Waals surface area contributed by atoms with Gasteiger partial charge in [-0.3, -0.25) is 9.52 Å². The van der Waals surface area contributed by atoms with Gasteiger partial charge in [0.25, 0.3) is 15.9 Å². The van der Waals surface area contributed by atoms with Crippen molar-refractivity contribution in [3.8, 4) is 11.8 Å². The Kier molecular flexibility index (Phi) is 3.87. The van der Waals surface area contributed by atoms with Crippen LogP contribution in [0.3, 0.4) is 0 Å². The van der Waals surface area contributed by atoms with Crippen LogP contribution < -0.4 is 14.8 Å². The van der Waals surface area contributed by atoms with Gasteiger partial charge in [-0.1, -0.05) is 6.07 Å². The highest BCUT2D eigenvalue weighted by Gasteiger charge is 2.24. The van der Waals surface area contributed by atoms with Gasteiger partial charge in [-0.05, 0) is 43.3 Å². The van der Waals surface area contributed by atoms with Crippen LogP contribution in [0.4, 0.5) is 11.4 Å². The summed E-state index contributed by atoms with van der Waals surface area (Å²) in [6, 6.07) is 12.2. The van der Waals surface area contributed by atoms with E-state index >= 15 is 0 Å². The number of rotatable bonds is 3. The maximum atomic E-state index is 12.4. The Morgan fingerprint density at radius 2 is 2.04 bits per heavy atom. The molecule has 8 heteroatoms. The molecule has 2 aromatic rings. The van der Waals surface area contributed by atoms with Crippen LogP contribution in [-0.4, -0.2) is 20.4 Å². The van der Waals surface area contributed by atoms with Gasteiger partial charge >= 0.3 is 0 Å². The molecule has 3 rings (SSSR count). The summed E-state index contributed by atoms with van der Waals surface area (Å²) >= 11 is 0. The van der Waals surface area contributed by atoms with Crippen LogP contribution in [0.5, 0.6) is 5.75 Å². The van der Waals surface area contributed by atoms with Crippen molar-refractivity contribution in [2.24, 2.45) is 0 Å². The number of nitriles is 1. The lowest BCUT2D eigenvalue weighted by Gasteiger charge is -2.23. The summed E-state index contributed by atoms with van der Waals surface area (Å²) in [7, 11) is -3.85. The van der Waals surface area contributed by atoms with E-state index in [0.717, 1.165) is 0 Å². The first-order valence-electron chi connectivity index (χ1n) is 7.03. The monoisotopic (exact) mass is 343 g/mol. The van der Waals surface area contributed by atoms with Crippen molar-refractivity contribution in [3.63, 3.8) is 0 Å². The van der Waals surface area contributed by atoms with Crippen LogP contribution in [0, 0.1) is 11.3 Å². The molecule has 0 unspecified atom stereocenters. The standard InChI is InChI=1S/C16H13N3O4S/c1-10-16(20)18-14-8-12(5-6-15(14)23-10)19-24(21,22)13-4-2-3-11(7-13)9-17/h2-8,10,19H,1H3,(H,18,20)/t10-/m1/s1. The van der Waals surface area contributed by atoms with Crippen molar-refractivity contribution in [1.82, 2.24) is 0 Å². The number of sulfonamides is 1. The van der Waals surface area contributed by atoms with E-state index in [2.05, 4.69) is 10.0 Å². The molecule has 1 amide bonds. The lowest BCUT2D eigenvalue weighted by atomic mass is 10.2. The van der Waals surface area contributed by atoms with E-state index in [1.165, 1.54) is 36.4 Å². The third-order valence-corrected chi connectivity index (χ3v) is 4.82. The summed E-state index contributed by atoms with van der Waals surface area (Å²) in [5.74, 6) is 0.167. The molecule has 1 aliphatic rings. The number of amides is 1. The maximum Gasteiger partial charge on any atom is 0.265 e. The van der Waals surface area contributed by atoms with E-state index in [1.54, 1.807) is 13.0 Å². The average molecular weight is 343 g/mol. The molecular weight excluding hydrogens is 330 g/mol. The minimum absolute atomic E-state index is 0.0202. The quantitative estimate of drug-likeness (QED) is 0.887. The zero-order valence-corrected chi connectivity index (χ0v) is 13.4. The van der Waals surface area contributed by atoms with Crippen molar-refractivity contribution < 1.29 is 17.9 Å². The number of carbonyl (C=O) groups excluding carboxylic acids is 1. The van der Waals surface area contributed by atoms with Gasteiger partial charge < -0.3 is 10.1 Å². The number of ether oxygens (including phenoxy) is 1. The third-order valence-electron chi connectivity index (χ3n) is 3.44. The summed E-state index contributed by atoms with van der Waals surface area (Å²) in [4.78, 5) is 11.6. The van der Waals surface area contributed by atoms with Crippen LogP contribution in [0.2, 0.25) is 0 Å². The molecule has 0 aromatic heterocycles. The molecule has 0 fully saturated rings. The zero-order valence-electron chi connectivity index (χ0n) is 12.6. The Hall–Kier alpha value is -3.05. The lowest BCUT2D eigenvalue weighted by molar-refractivity contribution is -0.122. The summed E-state index contributed by atoms with van der Waals surface area (Å²) < 4.78 is 32.7. The van der Waals surface area contributed by atoms with Gasteiger partial charge in [-0.2, -0.15) is 5.26 Å². The van der Waals surface area contributed by atoms with Gasteiger partial charge in [0.05, 0.1) is 27.9 Å². The summed E-state index contributed by atoms with van der Waals surface area (Å²) in [5, 5.41) is 11.5. The first kappa shape index (κ1) is 15.8. The molecule has 7 nitrogen and oxygen atoms in total. The highest BCUT2D eigenvalue weighted by molar-refractivity contribution is 7.92. The number of hydrogen-bond donors (Lipinski definition) is 2. The molecule has 122 valence electrons. The number of hydrogen-bond acceptors (Lipinski definition) is 5. The molecule has 1 atom stereocenters. The molecule has 1 heterocycles. The minimum Gasteiger partial charge on any atom is -0.479 e. The summed E-state index contributed by atoms with van der Waals surface area (Å²) in [5.41, 5.74) is 0.914. The molecule has 0 spiro atoms. The van der Waals surface area contributed by atoms with Gasteiger partial charge in [0.15, 0.2) is 6.10 Å². The molecular formula is C16H13N3O4S. The van der Waals surface area contributed by atoms with E-state index < -0.39 is 16.1 Å². The molecule has 24 heavy (non-hydrogen) atoms. The Balaban J connectivity index is 1.90. The van der Waals surface area contributed by atoms with Crippen LogP contribution in [0.15, 0.2) is 47.4 Å². The lowest BCUT2D eigenvalue weighted by Crippen LogP contribution is -2.34. The Bertz CT molecular complexity index is 964. The topological polar surface area (TPSA) is 108 Å². The Morgan fingerprint density at radius 1 is 1.25 bits per heavy atom. The van der Waals surface area contributed by atoms with Gasteiger partial charge in [0, 0.05) is 0 Å². The highest BCUT2D eigenvalue weighted by Crippen LogP contribution is 2.32. The Labute approximate surface area is 138 Å². The van der Waals surface area contributed by atoms with Gasteiger partial charge in [0.1, 0.15) is 5.75 Å². The van der Waals surface area contributed by atoms with Crippen molar-refractivity contribution in [3.05, 3.63) is 48.0 Å². The van der Waals surface area contributed by atoms with Crippen LogP contribution in [0.1, 0.15) is 12.5 Å². The van der Waals surface area contributed by atoms with Crippen LogP contribution in [0.25, 0.3) is 0 Å². The second-order valence-electron chi connectivity index (χ2n) is 5.21. The van der Waals surface area contributed by atoms with E-state index in [4.69, 9.17) is 10.00 Å². The van der Waals surface area contributed by atoms with Crippen LogP contribution in [-0.2, 0) is 14.8 Å². The largest absolute Gasteiger partial charge is 0.479 e. The van der Waals surface area contributed by atoms with E-state index in [0.29, 0.717) is 11.4 Å². The number of benzene rings is 2. The van der Waals surface area contributed by atoms with Gasteiger partial charge in [0.2, 0.25) is 0 Å². The number of anilines is 2. The zero-order chi connectivity index (χ0) is 17.3. The van der Waals surface area contributed by atoms with E-state index in [1.807, 2.05) is 6.07 Å². The molecule has 0 radical (unpaired) electrons. The van der Waals surface area contributed by atoms with E-state index in [-0.39, 0.29) is 22.1 Å². The molecule has 0 aliphatic carbocycles. The molecule has 0 bridgehead atoms. The second-order valence-corrected chi connectivity index (χ2v) is 6.89. The van der Waals surface area contributed by atoms with Crippen LogP contribution >= 0.6 is 0 Å². The fourth-order valence-corrected chi connectivity index (χ4v) is 3.31. The Morgan fingerprint density at radius 3 is 2.79 bits per heavy atom. The van der Waals surface area contributed by atoms with Crippen molar-refractivity contribution in [2.75, 3.05) is 10.0 Å². The van der Waals surface area contributed by atoms with Crippen molar-refractivity contribution in [1.29, 1.82) is 5.26 Å². The molecule has 0 saturated heterocycles. The highest BCUT2D eigenvalue weighted by atomic mass is 32.2. The summed E-state index contributed by atoms with van der Waals surface area (Å²) in [6.45, 7) is 1.62. The van der Waals surface area contributed by atoms with Crippen molar-refractivity contribution >= 4 is 27.3 Å². The van der Waals surface area contributed by atoms with Gasteiger partial charge in [-0.25, -0.2) is 8.42 Å². The van der Waals surface area contributed by atoms with Crippen molar-refractivity contribution in [2.45, 2.75) is 17.9 Å². The predicted molar refractivity (Wildman–Crippen MR) is 87.1 cm³/mol. The maximum absolute atomic E-state index is 12.4. The van der Waals surface area contributed by atoms with Gasteiger partial charge in [-0.15, -0.1) is 0 Å². The normalized spacial score (nSPS) is 16.3. The molecule has 2 aromatic carbocycles. The fraction of sp³-hybridized carbons (Fsp3) is 0.125. The summed E-state index contributed by atoms with van der Waals surface area (Å²) in [6.07, 6.45) is -0.603. The number of fused-ring (bicyclic) bond motifs is 1. The fourth-order valence-electron chi connectivity index (χ4n) is 2.22. The molecule has 2 N–H and O–H groups in total. The number of nitrogens with zero attached hydrogens (tertiary/aromatic N) is 1. The molecule has 0 saturated carbocycles. The molecule has 1 aliphatic heterocycles. The SMILES string of the molecule is C[C@H]1Oc2ccc(NS(=O)(=O)c3cccc(C#N)c3)cc2NC1=O. The van der Waals surface area contributed by atoms with E-state index in [9.17, 15) is 13.2 Å². The predicted octanol–water partition coefficient (Wildman–Crippen LogP) is 2.08. The minimum atomic E-state index is -3.85. The number of carbonyl (C=O) groups is 1.